The largest absolute Gasteiger partial charge is 0.387 e. The Hall–Kier alpha value is -0.180. The molecule has 0 amide bonds. The molecule has 0 heterocycles. The van der Waals surface area contributed by atoms with Crippen LogP contribution in [-0.2, 0) is 0 Å². The fourth-order valence-electron chi connectivity index (χ4n) is 1.98. The zero-order chi connectivity index (χ0) is 10.4. The second kappa shape index (κ2) is 6.33. The van der Waals surface area contributed by atoms with Gasteiger partial charge < -0.3 is 5.73 Å². The van der Waals surface area contributed by atoms with Crippen LogP contribution in [0.1, 0.15) is 46.0 Å². The van der Waals surface area contributed by atoms with Gasteiger partial charge >= 0.3 is 0 Å². The summed E-state index contributed by atoms with van der Waals surface area (Å²) in [5.74, 6) is 2.09. The molecule has 0 bridgehead atoms. The molecule has 2 unspecified atom stereocenters. The lowest BCUT2D eigenvalue weighted by Gasteiger charge is -2.07. The van der Waals surface area contributed by atoms with Gasteiger partial charge in [-0.05, 0) is 31.4 Å². The topological polar surface area (TPSA) is 38.4 Å². The summed E-state index contributed by atoms with van der Waals surface area (Å²) in [5.41, 5.74) is 5.83. The minimum absolute atomic E-state index is 0.519. The molecule has 2 nitrogen and oxygen atoms in total. The molecule has 0 aromatic rings. The molecule has 1 rings (SSSR count). The summed E-state index contributed by atoms with van der Waals surface area (Å²) in [6.45, 7) is 4.37. The Morgan fingerprint density at radius 1 is 1.43 bits per heavy atom. The van der Waals surface area contributed by atoms with Crippen molar-refractivity contribution in [3.8, 4) is 0 Å². The summed E-state index contributed by atoms with van der Waals surface area (Å²) < 4.78 is 0. The highest BCUT2D eigenvalue weighted by atomic mass is 32.2. The van der Waals surface area contributed by atoms with Gasteiger partial charge in [0, 0.05) is 11.7 Å². The van der Waals surface area contributed by atoms with E-state index in [1.54, 1.807) is 0 Å². The highest BCUT2D eigenvalue weighted by molar-refractivity contribution is 7.99. The van der Waals surface area contributed by atoms with Crippen molar-refractivity contribution in [3.63, 3.8) is 0 Å². The van der Waals surface area contributed by atoms with Crippen molar-refractivity contribution in [1.82, 2.24) is 0 Å². The van der Waals surface area contributed by atoms with E-state index < -0.39 is 0 Å². The number of thioether (sulfide) groups is 1. The number of aliphatic imine (C=N–C) groups is 1. The van der Waals surface area contributed by atoms with Crippen molar-refractivity contribution in [2.45, 2.75) is 57.2 Å². The summed E-state index contributed by atoms with van der Waals surface area (Å²) in [6.07, 6.45) is 5.87. The normalized spacial score (nSPS) is 28.3. The Morgan fingerprint density at radius 3 is 2.86 bits per heavy atom. The van der Waals surface area contributed by atoms with Crippen molar-refractivity contribution in [1.29, 1.82) is 0 Å². The Balaban J connectivity index is 2.31. The summed E-state index contributed by atoms with van der Waals surface area (Å²) in [5, 5.41) is 0.836. The van der Waals surface area contributed by atoms with Crippen molar-refractivity contribution < 1.29 is 0 Å². The fourth-order valence-corrected chi connectivity index (χ4v) is 3.11. The summed E-state index contributed by atoms with van der Waals surface area (Å²) in [6, 6.07) is 0.519. The number of hydrogen-bond acceptors (Lipinski definition) is 2. The standard InChI is InChI=1S/C11H22N2S/c1-3-5-11(12)13-9-6-7-10(8-9)14-4-2/h9-10H,3-8H2,1-2H3,(H2,12,13). The van der Waals surface area contributed by atoms with E-state index in [4.69, 9.17) is 5.73 Å². The molecule has 2 atom stereocenters. The van der Waals surface area contributed by atoms with Crippen LogP contribution in [0.4, 0.5) is 0 Å². The van der Waals surface area contributed by atoms with Crippen LogP contribution in [0.2, 0.25) is 0 Å². The number of nitrogens with zero attached hydrogens (tertiary/aromatic N) is 1. The molecule has 0 saturated heterocycles. The average molecular weight is 214 g/mol. The number of amidine groups is 1. The lowest BCUT2D eigenvalue weighted by atomic mass is 10.2. The van der Waals surface area contributed by atoms with E-state index in [2.05, 4.69) is 30.6 Å². The van der Waals surface area contributed by atoms with Crippen molar-refractivity contribution in [2.24, 2.45) is 10.7 Å². The van der Waals surface area contributed by atoms with Crippen molar-refractivity contribution in [2.75, 3.05) is 5.75 Å². The van der Waals surface area contributed by atoms with Crippen LogP contribution < -0.4 is 5.73 Å². The Labute approximate surface area is 91.7 Å². The van der Waals surface area contributed by atoms with Crippen LogP contribution >= 0.6 is 11.8 Å². The molecule has 3 heteroatoms. The first-order chi connectivity index (χ1) is 6.76. The van der Waals surface area contributed by atoms with Crippen molar-refractivity contribution in [3.05, 3.63) is 0 Å². The minimum atomic E-state index is 0.519. The van der Waals surface area contributed by atoms with E-state index >= 15 is 0 Å². The highest BCUT2D eigenvalue weighted by Gasteiger charge is 2.23. The molecule has 0 aromatic carbocycles. The SMILES string of the molecule is CCCC(N)=NC1CCC(SCC)C1. The third kappa shape index (κ3) is 3.91. The molecule has 1 aliphatic carbocycles. The Morgan fingerprint density at radius 2 is 2.21 bits per heavy atom. The first kappa shape index (κ1) is 11.9. The molecule has 1 saturated carbocycles. The van der Waals surface area contributed by atoms with E-state index in [0.717, 1.165) is 23.9 Å². The van der Waals surface area contributed by atoms with E-state index in [9.17, 15) is 0 Å². The quantitative estimate of drug-likeness (QED) is 0.564. The van der Waals surface area contributed by atoms with Gasteiger partial charge in [0.1, 0.15) is 0 Å². The average Bonchev–Trinajstić information content (AvgIpc) is 2.53. The molecular weight excluding hydrogens is 192 g/mol. The lowest BCUT2D eigenvalue weighted by Crippen LogP contribution is -2.15. The molecular formula is C11H22N2S. The molecule has 82 valence electrons. The van der Waals surface area contributed by atoms with Gasteiger partial charge in [-0.2, -0.15) is 11.8 Å². The molecule has 0 radical (unpaired) electrons. The van der Waals surface area contributed by atoms with Crippen LogP contribution in [0.25, 0.3) is 0 Å². The zero-order valence-corrected chi connectivity index (χ0v) is 10.1. The lowest BCUT2D eigenvalue weighted by molar-refractivity contribution is 0.702. The molecule has 0 aliphatic heterocycles. The predicted octanol–water partition coefficient (Wildman–Crippen LogP) is 2.82. The van der Waals surface area contributed by atoms with Gasteiger partial charge in [0.2, 0.25) is 0 Å². The predicted molar refractivity (Wildman–Crippen MR) is 66.1 cm³/mol. The third-order valence-electron chi connectivity index (χ3n) is 2.61. The van der Waals surface area contributed by atoms with Crippen LogP contribution in [0.15, 0.2) is 4.99 Å². The van der Waals surface area contributed by atoms with Gasteiger partial charge in [0.25, 0.3) is 0 Å². The van der Waals surface area contributed by atoms with Crippen LogP contribution in [0, 0.1) is 0 Å². The third-order valence-corrected chi connectivity index (χ3v) is 3.85. The fraction of sp³-hybridized carbons (Fsp3) is 0.909. The van der Waals surface area contributed by atoms with Gasteiger partial charge in [-0.25, -0.2) is 0 Å². The van der Waals surface area contributed by atoms with E-state index in [0.29, 0.717) is 6.04 Å². The molecule has 2 N–H and O–H groups in total. The van der Waals surface area contributed by atoms with Crippen molar-refractivity contribution >= 4 is 17.6 Å². The van der Waals surface area contributed by atoms with E-state index in [1.807, 2.05) is 0 Å². The minimum Gasteiger partial charge on any atom is -0.387 e. The van der Waals surface area contributed by atoms with Gasteiger partial charge in [0.05, 0.1) is 11.9 Å². The maximum absolute atomic E-state index is 5.83. The monoisotopic (exact) mass is 214 g/mol. The molecule has 14 heavy (non-hydrogen) atoms. The van der Waals surface area contributed by atoms with Gasteiger partial charge in [-0.3, -0.25) is 4.99 Å². The van der Waals surface area contributed by atoms with Crippen LogP contribution in [-0.4, -0.2) is 22.9 Å². The number of nitrogens with two attached hydrogens (primary N) is 1. The van der Waals surface area contributed by atoms with Crippen LogP contribution in [0.5, 0.6) is 0 Å². The van der Waals surface area contributed by atoms with Gasteiger partial charge in [-0.15, -0.1) is 0 Å². The maximum atomic E-state index is 5.83. The highest BCUT2D eigenvalue weighted by Crippen LogP contribution is 2.31. The number of rotatable bonds is 5. The van der Waals surface area contributed by atoms with Gasteiger partial charge in [0.15, 0.2) is 0 Å². The smallest absolute Gasteiger partial charge is 0.0940 e. The molecule has 1 fully saturated rings. The second-order valence-corrected chi connectivity index (χ2v) is 5.49. The van der Waals surface area contributed by atoms with E-state index in [-0.39, 0.29) is 0 Å². The molecule has 1 aliphatic rings. The first-order valence-electron chi connectivity index (χ1n) is 5.70. The Bertz CT molecular complexity index is 192. The van der Waals surface area contributed by atoms with Gasteiger partial charge in [-0.1, -0.05) is 13.8 Å². The molecule has 0 spiro atoms. The Kier molecular flexibility index (Phi) is 5.38. The molecule has 0 aromatic heterocycles. The number of hydrogen-bond donors (Lipinski definition) is 1. The summed E-state index contributed by atoms with van der Waals surface area (Å²) in [4.78, 5) is 4.58. The first-order valence-corrected chi connectivity index (χ1v) is 6.74. The second-order valence-electron chi connectivity index (χ2n) is 3.91. The van der Waals surface area contributed by atoms with Crippen LogP contribution in [0.3, 0.4) is 0 Å². The van der Waals surface area contributed by atoms with E-state index in [1.165, 1.54) is 25.0 Å². The maximum Gasteiger partial charge on any atom is 0.0940 e. The zero-order valence-electron chi connectivity index (χ0n) is 9.33. The summed E-state index contributed by atoms with van der Waals surface area (Å²) in [7, 11) is 0. The summed E-state index contributed by atoms with van der Waals surface area (Å²) >= 11 is 2.07.